The van der Waals surface area contributed by atoms with Gasteiger partial charge in [0.1, 0.15) is 23.0 Å². The van der Waals surface area contributed by atoms with Crippen molar-refractivity contribution < 1.29 is 23.5 Å². The van der Waals surface area contributed by atoms with E-state index in [0.29, 0.717) is 11.1 Å². The molecule has 1 aliphatic carbocycles. The Kier molecular flexibility index (Phi) is 5.93. The van der Waals surface area contributed by atoms with Crippen LogP contribution >= 0.6 is 0 Å². The van der Waals surface area contributed by atoms with Gasteiger partial charge in [0.2, 0.25) is 5.91 Å². The highest BCUT2D eigenvalue weighted by Crippen LogP contribution is 2.37. The summed E-state index contributed by atoms with van der Waals surface area (Å²) in [6.45, 7) is 3.69. The number of hydrogen-bond donors (Lipinski definition) is 2. The Balaban J connectivity index is 1.48. The van der Waals surface area contributed by atoms with Crippen LogP contribution in [0.3, 0.4) is 0 Å². The fourth-order valence-corrected chi connectivity index (χ4v) is 5.08. The topological polar surface area (TPSA) is 110 Å². The molecule has 4 aromatic rings. The van der Waals surface area contributed by atoms with E-state index in [1.165, 1.54) is 5.56 Å². The average Bonchev–Trinajstić information content (AvgIpc) is 3.22. The number of furan rings is 1. The lowest BCUT2D eigenvalue weighted by atomic mass is 9.93. The molecule has 2 heterocycles. The number of aliphatic carboxylic acids is 1. The Labute approximate surface area is 201 Å². The maximum absolute atomic E-state index is 12.9. The van der Waals surface area contributed by atoms with E-state index in [4.69, 9.17) is 8.83 Å². The summed E-state index contributed by atoms with van der Waals surface area (Å²) in [7, 11) is 0. The van der Waals surface area contributed by atoms with Gasteiger partial charge in [-0.25, -0.2) is 9.59 Å². The maximum atomic E-state index is 12.9. The van der Waals surface area contributed by atoms with Crippen LogP contribution in [0.5, 0.6) is 0 Å². The second kappa shape index (κ2) is 9.06. The van der Waals surface area contributed by atoms with Crippen LogP contribution in [-0.4, -0.2) is 23.0 Å². The molecule has 0 saturated carbocycles. The van der Waals surface area contributed by atoms with Crippen LogP contribution in [0.2, 0.25) is 0 Å². The molecule has 2 N–H and O–H groups in total. The van der Waals surface area contributed by atoms with Gasteiger partial charge in [-0.3, -0.25) is 4.79 Å². The highest BCUT2D eigenvalue weighted by atomic mass is 16.4. The molecule has 35 heavy (non-hydrogen) atoms. The van der Waals surface area contributed by atoms with Crippen LogP contribution < -0.4 is 10.9 Å². The van der Waals surface area contributed by atoms with Crippen LogP contribution in [-0.2, 0) is 35.3 Å². The normalized spacial score (nSPS) is 14.1. The lowest BCUT2D eigenvalue weighted by Gasteiger charge is -2.15. The number of carbonyl (C=O) groups is 2. The molecule has 5 rings (SSSR count). The zero-order chi connectivity index (χ0) is 24.7. The van der Waals surface area contributed by atoms with E-state index >= 15 is 0 Å². The van der Waals surface area contributed by atoms with Gasteiger partial charge in [-0.05, 0) is 50.3 Å². The summed E-state index contributed by atoms with van der Waals surface area (Å²) in [6, 6.07) is 9.99. The zero-order valence-corrected chi connectivity index (χ0v) is 19.8. The monoisotopic (exact) mass is 473 g/mol. The molecule has 0 fully saturated rings. The maximum Gasteiger partial charge on any atom is 0.340 e. The van der Waals surface area contributed by atoms with Crippen molar-refractivity contribution in [2.24, 2.45) is 0 Å². The summed E-state index contributed by atoms with van der Waals surface area (Å²) >= 11 is 0. The van der Waals surface area contributed by atoms with Crippen molar-refractivity contribution in [2.75, 3.05) is 0 Å². The van der Waals surface area contributed by atoms with E-state index in [1.807, 2.05) is 43.3 Å². The number of aryl methyl sites for hydroxylation is 4. The fraction of sp³-hybridized carbons (Fsp3) is 0.321. The number of nitrogens with one attached hydrogen (secondary N) is 1. The number of amides is 1. The molecular formula is C28H27NO6. The van der Waals surface area contributed by atoms with Crippen molar-refractivity contribution in [3.8, 4) is 0 Å². The zero-order valence-electron chi connectivity index (χ0n) is 19.8. The van der Waals surface area contributed by atoms with Crippen molar-refractivity contribution in [1.29, 1.82) is 0 Å². The van der Waals surface area contributed by atoms with Crippen LogP contribution in [0.1, 0.15) is 46.4 Å². The Morgan fingerprint density at radius 3 is 2.46 bits per heavy atom. The SMILES string of the molecule is Cc1c(CC(=O)N[C@@H](Cc2ccccc2)C(=O)O)c(=O)oc2c(C)c3oc4c(c3cc12)CCCC4. The summed E-state index contributed by atoms with van der Waals surface area (Å²) < 4.78 is 11.8. The first-order chi connectivity index (χ1) is 16.8. The van der Waals surface area contributed by atoms with Crippen molar-refractivity contribution in [3.63, 3.8) is 0 Å². The highest BCUT2D eigenvalue weighted by Gasteiger charge is 2.25. The Morgan fingerprint density at radius 1 is 1.00 bits per heavy atom. The lowest BCUT2D eigenvalue weighted by molar-refractivity contribution is -0.141. The minimum absolute atomic E-state index is 0.149. The van der Waals surface area contributed by atoms with Crippen molar-refractivity contribution in [1.82, 2.24) is 5.32 Å². The quantitative estimate of drug-likeness (QED) is 0.402. The van der Waals surface area contributed by atoms with Gasteiger partial charge in [0.25, 0.3) is 0 Å². The third kappa shape index (κ3) is 4.22. The number of carboxylic acid groups (broad SMARTS) is 1. The van der Waals surface area contributed by atoms with E-state index in [-0.39, 0.29) is 18.4 Å². The number of carbonyl (C=O) groups excluding carboxylic acids is 1. The van der Waals surface area contributed by atoms with E-state index < -0.39 is 23.5 Å². The van der Waals surface area contributed by atoms with Crippen LogP contribution in [0.15, 0.2) is 50.0 Å². The predicted molar refractivity (Wildman–Crippen MR) is 132 cm³/mol. The van der Waals surface area contributed by atoms with Gasteiger partial charge in [-0.2, -0.15) is 0 Å². The Bertz CT molecular complexity index is 1510. The van der Waals surface area contributed by atoms with Gasteiger partial charge in [-0.1, -0.05) is 30.3 Å². The first kappa shape index (κ1) is 22.9. The van der Waals surface area contributed by atoms with E-state index in [1.54, 1.807) is 6.92 Å². The van der Waals surface area contributed by atoms with E-state index in [0.717, 1.165) is 58.9 Å². The van der Waals surface area contributed by atoms with E-state index in [2.05, 4.69) is 5.32 Å². The largest absolute Gasteiger partial charge is 0.480 e. The number of benzene rings is 2. The van der Waals surface area contributed by atoms with E-state index in [9.17, 15) is 19.5 Å². The van der Waals surface area contributed by atoms with Crippen LogP contribution in [0.4, 0.5) is 0 Å². The van der Waals surface area contributed by atoms with Crippen molar-refractivity contribution >= 4 is 33.8 Å². The third-order valence-electron chi connectivity index (χ3n) is 6.98. The summed E-state index contributed by atoms with van der Waals surface area (Å²) in [5.41, 5.74) is 4.30. The van der Waals surface area contributed by atoms with Gasteiger partial charge >= 0.3 is 11.6 Å². The van der Waals surface area contributed by atoms with Crippen molar-refractivity contribution in [2.45, 2.75) is 58.4 Å². The fourth-order valence-electron chi connectivity index (χ4n) is 5.08. The van der Waals surface area contributed by atoms with Crippen LogP contribution in [0.25, 0.3) is 21.9 Å². The molecular weight excluding hydrogens is 446 g/mol. The average molecular weight is 474 g/mol. The number of carboxylic acids is 1. The molecule has 1 aliphatic rings. The molecule has 7 heteroatoms. The lowest BCUT2D eigenvalue weighted by Crippen LogP contribution is -2.43. The van der Waals surface area contributed by atoms with Gasteiger partial charge in [0, 0.05) is 34.7 Å². The molecule has 1 amide bonds. The van der Waals surface area contributed by atoms with Gasteiger partial charge in [0.05, 0.1) is 12.0 Å². The number of rotatable bonds is 6. The van der Waals surface area contributed by atoms with Gasteiger partial charge in [0.15, 0.2) is 0 Å². The molecule has 7 nitrogen and oxygen atoms in total. The molecule has 1 atom stereocenters. The molecule has 0 radical (unpaired) electrons. The number of hydrogen-bond acceptors (Lipinski definition) is 5. The number of fused-ring (bicyclic) bond motifs is 4. The standard InChI is InChI=1S/C28H27NO6/c1-15-19-13-21-18-10-6-7-11-23(18)34-26(21)16(2)25(19)35-28(33)20(15)14-24(30)29-22(27(31)32)12-17-8-4-3-5-9-17/h3-5,8-9,13,22H,6-7,10-12,14H2,1-2H3,(H,29,30)(H,31,32)/t22-/m0/s1. The summed E-state index contributed by atoms with van der Waals surface area (Å²) in [6.07, 6.45) is 3.96. The molecule has 0 spiro atoms. The highest BCUT2D eigenvalue weighted by molar-refractivity contribution is 6.00. The van der Waals surface area contributed by atoms with Crippen LogP contribution in [0, 0.1) is 13.8 Å². The summed E-state index contributed by atoms with van der Waals surface area (Å²) in [5.74, 6) is -0.670. The molecule has 2 aromatic carbocycles. The molecule has 180 valence electrons. The molecule has 0 unspecified atom stereocenters. The second-order valence-corrected chi connectivity index (χ2v) is 9.28. The molecule has 0 bridgehead atoms. The third-order valence-corrected chi connectivity index (χ3v) is 6.98. The molecule has 0 saturated heterocycles. The minimum Gasteiger partial charge on any atom is -0.480 e. The van der Waals surface area contributed by atoms with Gasteiger partial charge in [-0.15, -0.1) is 0 Å². The second-order valence-electron chi connectivity index (χ2n) is 9.28. The Hall–Kier alpha value is -3.87. The summed E-state index contributed by atoms with van der Waals surface area (Å²) in [4.78, 5) is 37.5. The predicted octanol–water partition coefficient (Wildman–Crippen LogP) is 4.39. The summed E-state index contributed by atoms with van der Waals surface area (Å²) in [5, 5.41) is 14.0. The van der Waals surface area contributed by atoms with Gasteiger partial charge < -0.3 is 19.3 Å². The first-order valence-corrected chi connectivity index (χ1v) is 11.9. The smallest absolute Gasteiger partial charge is 0.340 e. The molecule has 0 aliphatic heterocycles. The molecule has 2 aromatic heterocycles. The minimum atomic E-state index is -1.13. The first-order valence-electron chi connectivity index (χ1n) is 11.9. The van der Waals surface area contributed by atoms with Crippen molar-refractivity contribution in [3.05, 3.63) is 80.4 Å². The Morgan fingerprint density at radius 2 is 1.71 bits per heavy atom.